The van der Waals surface area contributed by atoms with Crippen LogP contribution >= 0.6 is 0 Å². The Morgan fingerprint density at radius 1 is 0.923 bits per heavy atom. The zero-order valence-corrected chi connectivity index (χ0v) is 16.9. The predicted molar refractivity (Wildman–Crippen MR) is 110 cm³/mol. The molecule has 0 aliphatic heterocycles. The van der Waals surface area contributed by atoms with Gasteiger partial charge in [-0.05, 0) is 49.8 Å². The first-order valence-corrected chi connectivity index (χ1v) is 10.6. The molecule has 0 aliphatic rings. The number of aryl methyl sites for hydroxylation is 2. The van der Waals surface area contributed by atoms with Crippen molar-refractivity contribution in [2.24, 2.45) is 11.8 Å². The van der Waals surface area contributed by atoms with Gasteiger partial charge in [0.05, 0.1) is 4.90 Å². The minimum absolute atomic E-state index is 0.247. The quantitative estimate of drug-likeness (QED) is 0.713. The van der Waals surface area contributed by atoms with Gasteiger partial charge >= 0.3 is 0 Å². The second-order valence-electron chi connectivity index (χ2n) is 7.22. The van der Waals surface area contributed by atoms with E-state index in [9.17, 15) is 8.42 Å². The smallest absolute Gasteiger partial charge is 0.211 e. The predicted octanol–water partition coefficient (Wildman–Crippen LogP) is 4.96. The van der Waals surface area contributed by atoms with Gasteiger partial charge in [-0.2, -0.15) is 0 Å². The minimum Gasteiger partial charge on any atom is -0.211 e. The summed E-state index contributed by atoms with van der Waals surface area (Å²) in [4.78, 5) is 0.320. The molecule has 0 saturated heterocycles. The Labute approximate surface area is 158 Å². The summed E-state index contributed by atoms with van der Waals surface area (Å²) in [6, 6.07) is 15.3. The molecule has 1 unspecified atom stereocenters. The Kier molecular flexibility index (Phi) is 7.18. The third kappa shape index (κ3) is 6.11. The summed E-state index contributed by atoms with van der Waals surface area (Å²) in [5.41, 5.74) is 3.45. The molecule has 2 aromatic rings. The lowest BCUT2D eigenvalue weighted by Crippen LogP contribution is -2.31. The first-order valence-electron chi connectivity index (χ1n) is 9.07. The molecule has 1 atom stereocenters. The third-order valence-electron chi connectivity index (χ3n) is 4.64. The Bertz CT molecular complexity index is 819. The first-order chi connectivity index (χ1) is 12.3. The highest BCUT2D eigenvalue weighted by atomic mass is 32.2. The lowest BCUT2D eigenvalue weighted by atomic mass is 9.92. The van der Waals surface area contributed by atoms with Gasteiger partial charge in [0.2, 0.25) is 10.0 Å². The molecule has 0 bridgehead atoms. The van der Waals surface area contributed by atoms with E-state index in [1.54, 1.807) is 12.1 Å². The van der Waals surface area contributed by atoms with Crippen LogP contribution in [0.3, 0.4) is 0 Å². The van der Waals surface area contributed by atoms with Crippen molar-refractivity contribution < 1.29 is 8.42 Å². The van der Waals surface area contributed by atoms with Gasteiger partial charge in [-0.1, -0.05) is 73.5 Å². The van der Waals surface area contributed by atoms with Crippen LogP contribution in [0.5, 0.6) is 0 Å². The highest BCUT2D eigenvalue weighted by Crippen LogP contribution is 2.18. The van der Waals surface area contributed by atoms with Gasteiger partial charge in [-0.25, -0.2) is 13.1 Å². The molecule has 140 valence electrons. The van der Waals surface area contributed by atoms with Crippen LogP contribution in [0, 0.1) is 25.7 Å². The number of benzene rings is 2. The molecular formula is C22H29NO2S. The van der Waals surface area contributed by atoms with E-state index in [0.29, 0.717) is 17.4 Å². The van der Waals surface area contributed by atoms with Crippen LogP contribution in [0.1, 0.15) is 37.0 Å². The number of hydrogen-bond acceptors (Lipinski definition) is 2. The van der Waals surface area contributed by atoms with E-state index >= 15 is 0 Å². The Morgan fingerprint density at radius 2 is 1.46 bits per heavy atom. The van der Waals surface area contributed by atoms with Gasteiger partial charge in [0, 0.05) is 6.54 Å². The Hall–Kier alpha value is -1.91. The number of allylic oxidation sites excluding steroid dienone is 1. The summed E-state index contributed by atoms with van der Waals surface area (Å²) in [7, 11) is -3.46. The van der Waals surface area contributed by atoms with Crippen LogP contribution in [0.25, 0.3) is 6.08 Å². The summed E-state index contributed by atoms with van der Waals surface area (Å²) in [6.07, 6.45) is 5.07. The first kappa shape index (κ1) is 20.4. The van der Waals surface area contributed by atoms with Gasteiger partial charge in [-0.15, -0.1) is 0 Å². The van der Waals surface area contributed by atoms with E-state index < -0.39 is 10.0 Å². The van der Waals surface area contributed by atoms with Gasteiger partial charge < -0.3 is 0 Å². The highest BCUT2D eigenvalue weighted by molar-refractivity contribution is 7.89. The van der Waals surface area contributed by atoms with Crippen molar-refractivity contribution in [2.45, 2.75) is 39.0 Å². The summed E-state index contributed by atoms with van der Waals surface area (Å²) in [6.45, 7) is 8.71. The number of rotatable bonds is 8. The summed E-state index contributed by atoms with van der Waals surface area (Å²) < 4.78 is 27.7. The molecule has 0 heterocycles. The molecule has 0 fully saturated rings. The second-order valence-corrected chi connectivity index (χ2v) is 8.98. The van der Waals surface area contributed by atoms with Crippen molar-refractivity contribution >= 4 is 16.1 Å². The molecule has 0 amide bonds. The van der Waals surface area contributed by atoms with Crippen LogP contribution in [0.2, 0.25) is 0 Å². The van der Waals surface area contributed by atoms with Crippen molar-refractivity contribution in [2.75, 3.05) is 6.54 Å². The van der Waals surface area contributed by atoms with Crippen molar-refractivity contribution in [3.05, 3.63) is 71.3 Å². The van der Waals surface area contributed by atoms with Gasteiger partial charge in [0.1, 0.15) is 0 Å². The van der Waals surface area contributed by atoms with E-state index in [4.69, 9.17) is 0 Å². The lowest BCUT2D eigenvalue weighted by molar-refractivity contribution is 0.386. The Balaban J connectivity index is 1.97. The van der Waals surface area contributed by atoms with Crippen LogP contribution in [0.4, 0.5) is 0 Å². The summed E-state index contributed by atoms with van der Waals surface area (Å²) in [5.74, 6) is 0.635. The zero-order valence-electron chi connectivity index (χ0n) is 16.1. The molecule has 4 heteroatoms. The number of sulfonamides is 1. The van der Waals surface area contributed by atoms with Crippen molar-refractivity contribution in [3.8, 4) is 0 Å². The molecule has 26 heavy (non-hydrogen) atoms. The SMILES string of the molecule is Cc1ccc(/C=C/CC(CNS(=O)(=O)c2ccc(C)cc2)C(C)C)cc1. The molecule has 0 spiro atoms. The van der Waals surface area contributed by atoms with Crippen molar-refractivity contribution in [1.82, 2.24) is 4.72 Å². The van der Waals surface area contributed by atoms with Gasteiger partial charge in [0.25, 0.3) is 0 Å². The largest absolute Gasteiger partial charge is 0.240 e. The zero-order chi connectivity index (χ0) is 19.2. The molecule has 2 rings (SSSR count). The maximum atomic E-state index is 12.5. The van der Waals surface area contributed by atoms with E-state index in [-0.39, 0.29) is 5.92 Å². The average molecular weight is 372 g/mol. The molecular weight excluding hydrogens is 342 g/mol. The number of hydrogen-bond donors (Lipinski definition) is 1. The lowest BCUT2D eigenvalue weighted by Gasteiger charge is -2.20. The molecule has 0 aliphatic carbocycles. The van der Waals surface area contributed by atoms with E-state index in [2.05, 4.69) is 61.9 Å². The van der Waals surface area contributed by atoms with Crippen LogP contribution in [-0.2, 0) is 10.0 Å². The van der Waals surface area contributed by atoms with Crippen molar-refractivity contribution in [1.29, 1.82) is 0 Å². The monoisotopic (exact) mass is 371 g/mol. The van der Waals surface area contributed by atoms with Crippen LogP contribution in [-0.4, -0.2) is 15.0 Å². The molecule has 2 aromatic carbocycles. The topological polar surface area (TPSA) is 46.2 Å². The molecule has 0 saturated carbocycles. The molecule has 0 aromatic heterocycles. The third-order valence-corrected chi connectivity index (χ3v) is 6.08. The van der Waals surface area contributed by atoms with E-state index in [1.165, 1.54) is 11.1 Å². The fraction of sp³-hybridized carbons (Fsp3) is 0.364. The molecule has 0 radical (unpaired) electrons. The van der Waals surface area contributed by atoms with E-state index in [0.717, 1.165) is 12.0 Å². The van der Waals surface area contributed by atoms with Gasteiger partial charge in [-0.3, -0.25) is 0 Å². The molecule has 3 nitrogen and oxygen atoms in total. The van der Waals surface area contributed by atoms with E-state index in [1.807, 2.05) is 19.1 Å². The summed E-state index contributed by atoms with van der Waals surface area (Å²) in [5, 5.41) is 0. The maximum absolute atomic E-state index is 12.5. The fourth-order valence-electron chi connectivity index (χ4n) is 2.67. The summed E-state index contributed by atoms with van der Waals surface area (Å²) >= 11 is 0. The molecule has 1 N–H and O–H groups in total. The fourth-order valence-corrected chi connectivity index (χ4v) is 3.76. The standard InChI is InChI=1S/C22H29NO2S/c1-17(2)21(7-5-6-20-12-8-18(3)9-13-20)16-23-26(24,25)22-14-10-19(4)11-15-22/h5-6,8-15,17,21,23H,7,16H2,1-4H3/b6-5+. The maximum Gasteiger partial charge on any atom is 0.240 e. The normalized spacial score (nSPS) is 13.4. The van der Waals surface area contributed by atoms with Crippen LogP contribution < -0.4 is 4.72 Å². The number of nitrogens with one attached hydrogen (secondary N) is 1. The van der Waals surface area contributed by atoms with Gasteiger partial charge in [0.15, 0.2) is 0 Å². The van der Waals surface area contributed by atoms with Crippen molar-refractivity contribution in [3.63, 3.8) is 0 Å². The second kappa shape index (κ2) is 9.15. The Morgan fingerprint density at radius 3 is 2.00 bits per heavy atom. The highest BCUT2D eigenvalue weighted by Gasteiger charge is 2.18. The minimum atomic E-state index is -3.46. The average Bonchev–Trinajstić information content (AvgIpc) is 2.59. The van der Waals surface area contributed by atoms with Crippen LogP contribution in [0.15, 0.2) is 59.5 Å².